The molecule has 0 fully saturated rings. The minimum Gasteiger partial charge on any atom is -0.262 e. The van der Waals surface area contributed by atoms with Crippen LogP contribution in [0.2, 0.25) is 11.1 Å². The van der Waals surface area contributed by atoms with E-state index in [1.54, 1.807) is 0 Å². The number of aryl methyl sites for hydroxylation is 1. The van der Waals surface area contributed by atoms with Crippen molar-refractivity contribution in [1.82, 2.24) is 4.98 Å². The van der Waals surface area contributed by atoms with Gasteiger partial charge in [0.05, 0.1) is 8.80 Å². The minimum atomic E-state index is -0.489. The number of rotatable bonds is 8. The highest BCUT2D eigenvalue weighted by Crippen LogP contribution is 2.35. The lowest BCUT2D eigenvalue weighted by molar-refractivity contribution is 0.504. The first-order valence-electron chi connectivity index (χ1n) is 9.28. The molecule has 0 N–H and O–H groups in total. The maximum absolute atomic E-state index is 4.58. The lowest BCUT2D eigenvalue weighted by Gasteiger charge is -2.32. The van der Waals surface area contributed by atoms with E-state index in [4.69, 9.17) is 0 Å². The summed E-state index contributed by atoms with van der Waals surface area (Å²) in [5, 5.41) is 0.419. The Morgan fingerprint density at radius 3 is 2.29 bits per heavy atom. The number of nitrogens with zero attached hydrogens (tertiary/aromatic N) is 1. The maximum atomic E-state index is 4.58. The van der Waals surface area contributed by atoms with E-state index >= 15 is 0 Å². The fraction of sp³-hybridized carbons (Fsp3) is 0.500. The predicted molar refractivity (Wildman–Crippen MR) is 107 cm³/mol. The molecule has 129 valence electrons. The van der Waals surface area contributed by atoms with E-state index in [1.165, 1.54) is 42.6 Å². The summed E-state index contributed by atoms with van der Waals surface area (Å²) in [5.41, 5.74) is 2.75. The summed E-state index contributed by atoms with van der Waals surface area (Å²) in [7, 11) is -0.489. The highest BCUT2D eigenvalue weighted by atomic mass is 28.3. The van der Waals surface area contributed by atoms with Crippen LogP contribution >= 0.6 is 0 Å². The molecule has 1 atom stereocenters. The number of aromatic nitrogens is 1. The molecule has 1 radical (unpaired) electrons. The largest absolute Gasteiger partial charge is 0.262 e. The topological polar surface area (TPSA) is 12.9 Å². The van der Waals surface area contributed by atoms with Gasteiger partial charge in [-0.15, -0.1) is 0 Å². The number of hydrogen-bond donors (Lipinski definition) is 0. The molecule has 1 unspecified atom stereocenters. The molecule has 0 aliphatic carbocycles. The molecule has 0 aliphatic rings. The van der Waals surface area contributed by atoms with Crippen LogP contribution in [0.4, 0.5) is 0 Å². The Morgan fingerprint density at radius 2 is 1.71 bits per heavy atom. The van der Waals surface area contributed by atoms with E-state index in [-0.39, 0.29) is 0 Å². The van der Waals surface area contributed by atoms with E-state index in [1.807, 2.05) is 12.3 Å². The predicted octanol–water partition coefficient (Wildman–Crippen LogP) is 6.12. The van der Waals surface area contributed by atoms with Gasteiger partial charge < -0.3 is 0 Å². The molecule has 0 aliphatic heterocycles. The molecule has 0 spiro atoms. The third-order valence-corrected chi connectivity index (χ3v) is 8.96. The first-order valence-corrected chi connectivity index (χ1v) is 11.2. The quantitative estimate of drug-likeness (QED) is 0.529. The molecule has 0 saturated carbocycles. The lowest BCUT2D eigenvalue weighted by atomic mass is 9.99. The van der Waals surface area contributed by atoms with Crippen molar-refractivity contribution in [3.63, 3.8) is 0 Å². The molecule has 0 amide bonds. The van der Waals surface area contributed by atoms with Crippen molar-refractivity contribution >= 4 is 8.80 Å². The van der Waals surface area contributed by atoms with Crippen LogP contribution in [0.25, 0.3) is 0 Å². The van der Waals surface area contributed by atoms with E-state index in [0.29, 0.717) is 5.04 Å². The van der Waals surface area contributed by atoms with Gasteiger partial charge in [-0.1, -0.05) is 76.6 Å². The SMILES string of the molecule is CCC(CCc1ccccc1)C[Si](Cc1ccccn1)C(C)(C)C. The van der Waals surface area contributed by atoms with Crippen LogP contribution in [-0.2, 0) is 12.5 Å². The lowest BCUT2D eigenvalue weighted by Crippen LogP contribution is -2.31. The van der Waals surface area contributed by atoms with Crippen LogP contribution < -0.4 is 0 Å². The molecule has 2 heteroatoms. The van der Waals surface area contributed by atoms with Crippen LogP contribution in [0.15, 0.2) is 54.7 Å². The van der Waals surface area contributed by atoms with Crippen LogP contribution in [0.5, 0.6) is 0 Å². The Balaban J connectivity index is 1.98. The van der Waals surface area contributed by atoms with Gasteiger partial charge in [-0.2, -0.15) is 0 Å². The minimum absolute atomic E-state index is 0.419. The molecule has 1 aromatic carbocycles. The highest BCUT2D eigenvalue weighted by Gasteiger charge is 2.29. The monoisotopic (exact) mass is 338 g/mol. The smallest absolute Gasteiger partial charge is 0.0605 e. The van der Waals surface area contributed by atoms with Gasteiger partial charge in [0.2, 0.25) is 0 Å². The van der Waals surface area contributed by atoms with E-state index < -0.39 is 8.80 Å². The number of pyridine rings is 1. The van der Waals surface area contributed by atoms with Crippen LogP contribution in [0, 0.1) is 5.92 Å². The van der Waals surface area contributed by atoms with Crippen molar-refractivity contribution < 1.29 is 0 Å². The molecular weight excluding hydrogens is 306 g/mol. The first kappa shape index (κ1) is 18.9. The second-order valence-corrected chi connectivity index (χ2v) is 11.3. The molecule has 24 heavy (non-hydrogen) atoms. The summed E-state index contributed by atoms with van der Waals surface area (Å²) in [5.74, 6) is 0.835. The van der Waals surface area contributed by atoms with E-state index in [9.17, 15) is 0 Å². The standard InChI is InChI=1S/C22H32NSi/c1-5-19(14-15-20-11-7-6-8-12-20)17-24(22(2,3)4)18-21-13-9-10-16-23-21/h6-13,16,19H,5,14-15,17-18H2,1-4H3. The Hall–Kier alpha value is -1.41. The summed E-state index contributed by atoms with van der Waals surface area (Å²) < 4.78 is 0. The number of benzene rings is 1. The first-order chi connectivity index (χ1) is 11.5. The fourth-order valence-corrected chi connectivity index (χ4v) is 6.30. The maximum Gasteiger partial charge on any atom is 0.0605 e. The Morgan fingerprint density at radius 1 is 1.00 bits per heavy atom. The van der Waals surface area contributed by atoms with Crippen molar-refractivity contribution in [2.75, 3.05) is 0 Å². The van der Waals surface area contributed by atoms with Crippen LogP contribution in [-0.4, -0.2) is 13.8 Å². The summed E-state index contributed by atoms with van der Waals surface area (Å²) in [6, 6.07) is 19.9. The third-order valence-electron chi connectivity index (χ3n) is 4.98. The van der Waals surface area contributed by atoms with Gasteiger partial charge in [-0.3, -0.25) is 4.98 Å². The summed E-state index contributed by atoms with van der Waals surface area (Å²) in [6.45, 7) is 9.63. The van der Waals surface area contributed by atoms with E-state index in [2.05, 4.69) is 75.1 Å². The molecular formula is C22H32NSi. The normalized spacial score (nSPS) is 13.2. The molecule has 1 nitrogen and oxygen atoms in total. The van der Waals surface area contributed by atoms with Crippen LogP contribution in [0.1, 0.15) is 51.8 Å². The van der Waals surface area contributed by atoms with Crippen molar-refractivity contribution in [1.29, 1.82) is 0 Å². The summed E-state index contributed by atoms with van der Waals surface area (Å²) in [4.78, 5) is 4.58. The van der Waals surface area contributed by atoms with Gasteiger partial charge in [-0.05, 0) is 47.5 Å². The average molecular weight is 339 g/mol. The molecule has 1 aromatic heterocycles. The average Bonchev–Trinajstić information content (AvgIpc) is 2.58. The highest BCUT2D eigenvalue weighted by molar-refractivity contribution is 6.61. The Labute approximate surface area is 150 Å². The number of hydrogen-bond acceptors (Lipinski definition) is 1. The zero-order valence-corrected chi connectivity index (χ0v) is 16.8. The molecule has 2 aromatic rings. The van der Waals surface area contributed by atoms with Gasteiger partial charge in [0.15, 0.2) is 0 Å². The second-order valence-electron chi connectivity index (χ2n) is 7.85. The van der Waals surface area contributed by atoms with Gasteiger partial charge >= 0.3 is 0 Å². The zero-order chi connectivity index (χ0) is 17.4. The van der Waals surface area contributed by atoms with Crippen LogP contribution in [0.3, 0.4) is 0 Å². The summed E-state index contributed by atoms with van der Waals surface area (Å²) >= 11 is 0. The Kier molecular flexibility index (Phi) is 7.23. The molecule has 1 heterocycles. The third kappa shape index (κ3) is 6.24. The van der Waals surface area contributed by atoms with E-state index in [0.717, 1.165) is 5.92 Å². The van der Waals surface area contributed by atoms with Gasteiger partial charge in [0.1, 0.15) is 0 Å². The van der Waals surface area contributed by atoms with Crippen molar-refractivity contribution in [3.8, 4) is 0 Å². The van der Waals surface area contributed by atoms with Gasteiger partial charge in [-0.25, -0.2) is 0 Å². The van der Waals surface area contributed by atoms with Crippen molar-refractivity contribution in [2.24, 2.45) is 5.92 Å². The van der Waals surface area contributed by atoms with Gasteiger partial charge in [0, 0.05) is 11.9 Å². The van der Waals surface area contributed by atoms with Crippen molar-refractivity contribution in [2.45, 2.75) is 64.1 Å². The summed E-state index contributed by atoms with van der Waals surface area (Å²) in [6.07, 6.45) is 5.75. The van der Waals surface area contributed by atoms with Gasteiger partial charge in [0.25, 0.3) is 0 Å². The molecule has 0 bridgehead atoms. The molecule has 0 saturated heterocycles. The van der Waals surface area contributed by atoms with Crippen molar-refractivity contribution in [3.05, 3.63) is 66.0 Å². The molecule has 2 rings (SSSR count). The Bertz CT molecular complexity index is 574. The zero-order valence-electron chi connectivity index (χ0n) is 15.8. The second kappa shape index (κ2) is 9.17. The fourth-order valence-electron chi connectivity index (χ4n) is 3.18.